The molecule has 3 amide bonds. The van der Waals surface area contributed by atoms with Gasteiger partial charge in [-0.2, -0.15) is 26.3 Å². The highest BCUT2D eigenvalue weighted by Gasteiger charge is 2.46. The lowest BCUT2D eigenvalue weighted by molar-refractivity contribution is -0.148. The third-order valence-corrected chi connectivity index (χ3v) is 8.80. The summed E-state index contributed by atoms with van der Waals surface area (Å²) in [6, 6.07) is -0.418. The van der Waals surface area contributed by atoms with Gasteiger partial charge in [-0.15, -0.1) is 0 Å². The van der Waals surface area contributed by atoms with Gasteiger partial charge in [0.25, 0.3) is 0 Å². The maximum atomic E-state index is 13.5. The molecule has 0 aromatic heterocycles. The summed E-state index contributed by atoms with van der Waals surface area (Å²) in [6.45, 7) is 2.62. The van der Waals surface area contributed by atoms with Crippen LogP contribution in [0.4, 0.5) is 36.8 Å². The standard InChI is InChI=1S/C23H30F6N4O5S/c1-2-11-39(36,37)33-5-3-21(4-6-33,19(34)32-7-9-38-10-8-32)15-30-20(35)31-18-13-16(22(24,25)26)12-17(14-18)23(27,28)29/h12-14H,2-11,15H2,1H3,(H2,30,31,35). The summed E-state index contributed by atoms with van der Waals surface area (Å²) in [5.74, 6) is -0.397. The van der Waals surface area contributed by atoms with Gasteiger partial charge < -0.3 is 20.3 Å². The Morgan fingerprint density at radius 1 is 0.949 bits per heavy atom. The molecular weight excluding hydrogens is 558 g/mol. The third kappa shape index (κ3) is 7.75. The number of carbonyl (C=O) groups is 2. The highest BCUT2D eigenvalue weighted by molar-refractivity contribution is 7.89. The summed E-state index contributed by atoms with van der Waals surface area (Å²) in [5.41, 5.74) is -5.14. The summed E-state index contributed by atoms with van der Waals surface area (Å²) in [4.78, 5) is 27.7. The van der Waals surface area contributed by atoms with Crippen LogP contribution in [0.15, 0.2) is 18.2 Å². The van der Waals surface area contributed by atoms with Gasteiger partial charge in [-0.05, 0) is 37.5 Å². The molecule has 0 saturated carbocycles. The van der Waals surface area contributed by atoms with E-state index in [0.29, 0.717) is 31.8 Å². The van der Waals surface area contributed by atoms with Gasteiger partial charge in [0, 0.05) is 38.4 Å². The number of halogens is 6. The number of amides is 3. The molecule has 0 atom stereocenters. The molecule has 0 unspecified atom stereocenters. The molecule has 1 aromatic carbocycles. The average molecular weight is 589 g/mol. The highest BCUT2D eigenvalue weighted by atomic mass is 32.2. The van der Waals surface area contributed by atoms with Gasteiger partial charge in [0.05, 0.1) is 35.5 Å². The molecule has 2 aliphatic heterocycles. The number of piperidine rings is 1. The van der Waals surface area contributed by atoms with E-state index in [2.05, 4.69) is 5.32 Å². The Labute approximate surface area is 221 Å². The van der Waals surface area contributed by atoms with E-state index in [4.69, 9.17) is 4.74 Å². The molecule has 16 heteroatoms. The van der Waals surface area contributed by atoms with Crippen LogP contribution in [0.5, 0.6) is 0 Å². The second-order valence-electron chi connectivity index (χ2n) is 9.50. The fraction of sp³-hybridized carbons (Fsp3) is 0.652. The molecule has 0 radical (unpaired) electrons. The molecule has 39 heavy (non-hydrogen) atoms. The summed E-state index contributed by atoms with van der Waals surface area (Å²) in [5, 5.41) is 4.39. The van der Waals surface area contributed by atoms with Gasteiger partial charge in [-0.1, -0.05) is 6.92 Å². The van der Waals surface area contributed by atoms with Gasteiger partial charge in [0.1, 0.15) is 0 Å². The average Bonchev–Trinajstić information content (AvgIpc) is 2.86. The molecule has 220 valence electrons. The maximum absolute atomic E-state index is 13.5. The zero-order chi connectivity index (χ0) is 29.1. The first kappa shape index (κ1) is 30.9. The maximum Gasteiger partial charge on any atom is 0.416 e. The minimum absolute atomic E-state index is 0.0181. The second kappa shape index (κ2) is 11.9. The number of alkyl halides is 6. The normalized spacial score (nSPS) is 19.0. The van der Waals surface area contributed by atoms with Crippen LogP contribution in [-0.4, -0.2) is 81.3 Å². The lowest BCUT2D eigenvalue weighted by Gasteiger charge is -2.43. The Morgan fingerprint density at radius 2 is 1.49 bits per heavy atom. The molecule has 2 heterocycles. The van der Waals surface area contributed by atoms with Gasteiger partial charge in [0.15, 0.2) is 0 Å². The van der Waals surface area contributed by atoms with Crippen LogP contribution in [0.3, 0.4) is 0 Å². The number of ether oxygens (including phenoxy) is 1. The molecule has 0 spiro atoms. The van der Waals surface area contributed by atoms with Gasteiger partial charge >= 0.3 is 18.4 Å². The van der Waals surface area contributed by atoms with Crippen molar-refractivity contribution in [2.75, 3.05) is 57.0 Å². The molecule has 3 rings (SSSR count). The van der Waals surface area contributed by atoms with E-state index < -0.39 is 50.6 Å². The van der Waals surface area contributed by atoms with Gasteiger partial charge in [-0.3, -0.25) is 4.79 Å². The van der Waals surface area contributed by atoms with E-state index in [9.17, 15) is 44.3 Å². The van der Waals surface area contributed by atoms with Crippen molar-refractivity contribution < 1.29 is 49.1 Å². The van der Waals surface area contributed by atoms with E-state index >= 15 is 0 Å². The number of hydrogen-bond donors (Lipinski definition) is 2. The minimum atomic E-state index is -5.09. The molecule has 9 nitrogen and oxygen atoms in total. The number of nitrogens with one attached hydrogen (secondary N) is 2. The molecule has 0 bridgehead atoms. The van der Waals surface area contributed by atoms with Crippen LogP contribution < -0.4 is 10.6 Å². The monoisotopic (exact) mass is 588 g/mol. The fourth-order valence-electron chi connectivity index (χ4n) is 4.60. The number of sulfonamides is 1. The van der Waals surface area contributed by atoms with E-state index in [-0.39, 0.29) is 63.3 Å². The predicted molar refractivity (Wildman–Crippen MR) is 128 cm³/mol. The minimum Gasteiger partial charge on any atom is -0.378 e. The van der Waals surface area contributed by atoms with E-state index in [1.165, 1.54) is 4.31 Å². The Balaban J connectivity index is 1.78. The van der Waals surface area contributed by atoms with E-state index in [1.54, 1.807) is 11.8 Å². The number of hydrogen-bond acceptors (Lipinski definition) is 5. The Hall–Kier alpha value is -2.59. The predicted octanol–water partition coefficient (Wildman–Crippen LogP) is 3.53. The number of benzene rings is 1. The van der Waals surface area contributed by atoms with Crippen LogP contribution in [0.1, 0.15) is 37.3 Å². The Morgan fingerprint density at radius 3 is 1.97 bits per heavy atom. The van der Waals surface area contributed by atoms with Crippen molar-refractivity contribution in [3.8, 4) is 0 Å². The van der Waals surface area contributed by atoms with Crippen molar-refractivity contribution in [1.29, 1.82) is 0 Å². The molecule has 2 N–H and O–H groups in total. The lowest BCUT2D eigenvalue weighted by Crippen LogP contribution is -2.57. The Kier molecular flexibility index (Phi) is 9.43. The topological polar surface area (TPSA) is 108 Å². The highest BCUT2D eigenvalue weighted by Crippen LogP contribution is 2.38. The largest absolute Gasteiger partial charge is 0.416 e. The van der Waals surface area contributed by atoms with Crippen LogP contribution in [0.2, 0.25) is 0 Å². The van der Waals surface area contributed by atoms with Crippen molar-refractivity contribution in [3.63, 3.8) is 0 Å². The second-order valence-corrected chi connectivity index (χ2v) is 11.6. The van der Waals surface area contributed by atoms with Gasteiger partial charge in [0.2, 0.25) is 15.9 Å². The number of carbonyl (C=O) groups excluding carboxylic acids is 2. The Bertz CT molecular complexity index is 1110. The van der Waals surface area contributed by atoms with Crippen LogP contribution in [-0.2, 0) is 31.9 Å². The third-order valence-electron chi connectivity index (χ3n) is 6.72. The zero-order valence-electron chi connectivity index (χ0n) is 21.1. The summed E-state index contributed by atoms with van der Waals surface area (Å²) >= 11 is 0. The van der Waals surface area contributed by atoms with E-state index in [0.717, 1.165) is 0 Å². The molecular formula is C23H30F6N4O5S. The number of morpholine rings is 1. The quantitative estimate of drug-likeness (QED) is 0.474. The molecule has 2 saturated heterocycles. The number of anilines is 1. The van der Waals surface area contributed by atoms with E-state index in [1.807, 2.05) is 5.32 Å². The van der Waals surface area contributed by atoms with Crippen molar-refractivity contribution in [1.82, 2.24) is 14.5 Å². The van der Waals surface area contributed by atoms with Crippen molar-refractivity contribution in [2.45, 2.75) is 38.5 Å². The first-order chi connectivity index (χ1) is 18.1. The SMILES string of the molecule is CCCS(=O)(=O)N1CCC(CNC(=O)Nc2cc(C(F)(F)F)cc(C(F)(F)F)c2)(C(=O)N2CCOCC2)CC1. The number of rotatable bonds is 7. The summed E-state index contributed by atoms with van der Waals surface area (Å²) in [7, 11) is -3.53. The summed E-state index contributed by atoms with van der Waals surface area (Å²) < 4.78 is 110. The van der Waals surface area contributed by atoms with Crippen LogP contribution in [0, 0.1) is 5.41 Å². The van der Waals surface area contributed by atoms with Crippen molar-refractivity contribution in [3.05, 3.63) is 29.3 Å². The number of urea groups is 1. The lowest BCUT2D eigenvalue weighted by atomic mass is 9.77. The van der Waals surface area contributed by atoms with Crippen LogP contribution in [0.25, 0.3) is 0 Å². The fourth-order valence-corrected chi connectivity index (χ4v) is 6.11. The zero-order valence-corrected chi connectivity index (χ0v) is 21.9. The first-order valence-corrected chi connectivity index (χ1v) is 13.9. The molecule has 0 aliphatic carbocycles. The smallest absolute Gasteiger partial charge is 0.378 e. The summed E-state index contributed by atoms with van der Waals surface area (Å²) in [6.07, 6.45) is -9.64. The molecule has 2 aliphatic rings. The van der Waals surface area contributed by atoms with Crippen LogP contribution >= 0.6 is 0 Å². The van der Waals surface area contributed by atoms with Crippen molar-refractivity contribution in [2.24, 2.45) is 5.41 Å². The molecule has 1 aromatic rings. The molecule has 2 fully saturated rings. The van der Waals surface area contributed by atoms with Crippen molar-refractivity contribution >= 4 is 27.6 Å². The van der Waals surface area contributed by atoms with Gasteiger partial charge in [-0.25, -0.2) is 17.5 Å². The number of nitrogens with zero attached hydrogens (tertiary/aromatic N) is 2. The first-order valence-electron chi connectivity index (χ1n) is 12.3.